The molecule has 1 aromatic carbocycles. The Morgan fingerprint density at radius 3 is 2.59 bits per heavy atom. The van der Waals surface area contributed by atoms with Crippen LogP contribution in [0.2, 0.25) is 0 Å². The number of hydrogen-bond acceptors (Lipinski definition) is 6. The Morgan fingerprint density at radius 1 is 1.06 bits per heavy atom. The minimum absolute atomic E-state index is 0. The third-order valence-corrected chi connectivity index (χ3v) is 7.26. The number of anilines is 2. The number of imidazole rings is 1. The predicted octanol–water partition coefficient (Wildman–Crippen LogP) is 5.26. The van der Waals surface area contributed by atoms with Crippen LogP contribution in [0.3, 0.4) is 0 Å². The summed E-state index contributed by atoms with van der Waals surface area (Å²) >= 11 is 2.35. The van der Waals surface area contributed by atoms with Gasteiger partial charge in [0.2, 0.25) is 5.95 Å². The van der Waals surface area contributed by atoms with Crippen molar-refractivity contribution in [1.82, 2.24) is 19.5 Å². The Balaban J connectivity index is 0.00000245. The van der Waals surface area contributed by atoms with E-state index in [1.807, 2.05) is 6.33 Å². The number of nitrogens with zero attached hydrogens (tertiary/aromatic N) is 4. The number of fused-ring (bicyclic) bond motifs is 1. The lowest BCUT2D eigenvalue weighted by Crippen LogP contribution is -2.33. The van der Waals surface area contributed by atoms with Gasteiger partial charge in [-0.25, -0.2) is 4.98 Å². The van der Waals surface area contributed by atoms with Crippen LogP contribution in [0.4, 0.5) is 11.8 Å². The minimum Gasteiger partial charge on any atom is -0.364 e. The van der Waals surface area contributed by atoms with Gasteiger partial charge in [-0.1, -0.05) is 25.0 Å². The van der Waals surface area contributed by atoms with Crippen LogP contribution < -0.4 is 16.4 Å². The Labute approximate surface area is 208 Å². The summed E-state index contributed by atoms with van der Waals surface area (Å²) in [6, 6.07) is 9.71. The van der Waals surface area contributed by atoms with Crippen molar-refractivity contribution in [2.75, 3.05) is 10.6 Å². The highest BCUT2D eigenvalue weighted by Gasteiger charge is 2.23. The van der Waals surface area contributed by atoms with Crippen molar-refractivity contribution in [2.24, 2.45) is 5.73 Å². The Morgan fingerprint density at radius 2 is 1.84 bits per heavy atom. The summed E-state index contributed by atoms with van der Waals surface area (Å²) in [5, 5.41) is 7.12. The lowest BCUT2D eigenvalue weighted by molar-refractivity contribution is 0.410. The zero-order valence-electron chi connectivity index (χ0n) is 18.1. The molecule has 7 nitrogen and oxygen atoms in total. The number of rotatable bonds is 6. The highest BCUT2D eigenvalue weighted by Crippen LogP contribution is 2.33. The van der Waals surface area contributed by atoms with Crippen molar-refractivity contribution in [3.8, 4) is 0 Å². The molecule has 2 fully saturated rings. The van der Waals surface area contributed by atoms with Crippen molar-refractivity contribution in [2.45, 2.75) is 76.0 Å². The fourth-order valence-electron chi connectivity index (χ4n) is 4.83. The summed E-state index contributed by atoms with van der Waals surface area (Å²) in [5.74, 6) is 1.49. The summed E-state index contributed by atoms with van der Waals surface area (Å²) in [6.07, 6.45) is 11.1. The summed E-state index contributed by atoms with van der Waals surface area (Å²) in [6.45, 7) is 0.705. The van der Waals surface area contributed by atoms with Crippen molar-refractivity contribution < 1.29 is 0 Å². The lowest BCUT2D eigenvalue weighted by atomic mass is 9.92. The highest BCUT2D eigenvalue weighted by molar-refractivity contribution is 14.1. The second-order valence-corrected chi connectivity index (χ2v) is 10.1. The van der Waals surface area contributed by atoms with Gasteiger partial charge in [-0.05, 0) is 78.8 Å². The van der Waals surface area contributed by atoms with E-state index >= 15 is 0 Å². The molecule has 0 aliphatic heterocycles. The molecule has 0 atom stereocenters. The molecule has 2 saturated carbocycles. The molecule has 32 heavy (non-hydrogen) atoms. The quantitative estimate of drug-likeness (QED) is 0.352. The van der Waals surface area contributed by atoms with E-state index in [4.69, 9.17) is 20.7 Å². The smallest absolute Gasteiger partial charge is 0.227 e. The van der Waals surface area contributed by atoms with E-state index in [9.17, 15) is 0 Å². The molecule has 0 spiro atoms. The lowest BCUT2D eigenvalue weighted by Gasteiger charge is -2.27. The van der Waals surface area contributed by atoms with Gasteiger partial charge in [0.05, 0.1) is 6.33 Å². The maximum atomic E-state index is 6.09. The molecule has 0 bridgehead atoms. The van der Waals surface area contributed by atoms with Crippen LogP contribution in [0.1, 0.15) is 63.0 Å². The number of benzene rings is 1. The molecule has 0 amide bonds. The van der Waals surface area contributed by atoms with Gasteiger partial charge in [-0.2, -0.15) is 9.97 Å². The monoisotopic (exact) mass is 567 g/mol. The summed E-state index contributed by atoms with van der Waals surface area (Å²) in [7, 11) is 0. The van der Waals surface area contributed by atoms with E-state index in [-0.39, 0.29) is 12.4 Å². The number of aromatic nitrogens is 4. The SMILES string of the molecule is Cl.NC1CCC(Nc2nc(NCc3cccc(I)c3)c3ncn(C4CCCC4)c3n2)CC1. The predicted molar refractivity (Wildman–Crippen MR) is 140 cm³/mol. The van der Waals surface area contributed by atoms with Crippen LogP contribution in [0.25, 0.3) is 11.2 Å². The first-order valence-corrected chi connectivity index (χ1v) is 12.5. The average Bonchev–Trinajstić information content (AvgIpc) is 3.43. The van der Waals surface area contributed by atoms with E-state index in [0.29, 0.717) is 30.6 Å². The van der Waals surface area contributed by atoms with E-state index in [1.165, 1.54) is 34.8 Å². The van der Waals surface area contributed by atoms with Gasteiger partial charge in [-0.15, -0.1) is 12.4 Å². The van der Waals surface area contributed by atoms with Gasteiger partial charge in [0.1, 0.15) is 0 Å². The molecule has 0 unspecified atom stereocenters. The number of nitrogens with two attached hydrogens (primary N) is 1. The first-order chi connectivity index (χ1) is 15.2. The molecule has 172 valence electrons. The van der Waals surface area contributed by atoms with Gasteiger partial charge < -0.3 is 20.9 Å². The fourth-order valence-corrected chi connectivity index (χ4v) is 5.44. The summed E-state index contributed by atoms with van der Waals surface area (Å²) in [4.78, 5) is 14.5. The third kappa shape index (κ3) is 5.28. The van der Waals surface area contributed by atoms with Crippen molar-refractivity contribution in [3.05, 3.63) is 39.7 Å². The van der Waals surface area contributed by atoms with E-state index in [1.54, 1.807) is 0 Å². The second kappa shape index (κ2) is 10.5. The first kappa shape index (κ1) is 23.5. The maximum Gasteiger partial charge on any atom is 0.227 e. The summed E-state index contributed by atoms with van der Waals surface area (Å²) in [5.41, 5.74) is 9.10. The van der Waals surface area contributed by atoms with Gasteiger partial charge >= 0.3 is 0 Å². The van der Waals surface area contributed by atoms with Gasteiger partial charge in [0.15, 0.2) is 17.0 Å². The van der Waals surface area contributed by atoms with Gasteiger partial charge in [0.25, 0.3) is 0 Å². The summed E-state index contributed by atoms with van der Waals surface area (Å²) < 4.78 is 3.50. The van der Waals surface area contributed by atoms with Crippen LogP contribution in [0.5, 0.6) is 0 Å². The number of nitrogens with one attached hydrogen (secondary N) is 2. The van der Waals surface area contributed by atoms with Crippen LogP contribution in [-0.4, -0.2) is 31.6 Å². The van der Waals surface area contributed by atoms with E-state index in [0.717, 1.165) is 42.7 Å². The molecule has 0 saturated heterocycles. The minimum atomic E-state index is 0. The third-order valence-electron chi connectivity index (χ3n) is 6.59. The standard InChI is InChI=1S/C23H30IN7.ClH/c24-16-5-3-4-15(12-16)13-26-21-20-22(31(14-27-20)19-6-1-2-7-19)30-23(29-21)28-18-10-8-17(25)9-11-18;/h3-5,12,14,17-19H,1-2,6-11,13,25H2,(H2,26,28,29,30);1H. The molecule has 2 aromatic heterocycles. The van der Waals surface area contributed by atoms with Gasteiger partial charge in [-0.3, -0.25) is 0 Å². The molecule has 0 radical (unpaired) electrons. The molecule has 2 aliphatic carbocycles. The largest absolute Gasteiger partial charge is 0.364 e. The Kier molecular flexibility index (Phi) is 7.73. The number of hydrogen-bond donors (Lipinski definition) is 3. The average molecular weight is 568 g/mol. The Bertz CT molecular complexity index is 1040. The van der Waals surface area contributed by atoms with Crippen molar-refractivity contribution >= 4 is 57.9 Å². The van der Waals surface area contributed by atoms with Crippen LogP contribution in [0.15, 0.2) is 30.6 Å². The Hall–Kier alpha value is -1.65. The second-order valence-electron chi connectivity index (χ2n) is 8.90. The molecular weight excluding hydrogens is 537 g/mol. The highest BCUT2D eigenvalue weighted by atomic mass is 127. The topological polar surface area (TPSA) is 93.7 Å². The van der Waals surface area contributed by atoms with Crippen LogP contribution in [0, 0.1) is 3.57 Å². The fraction of sp³-hybridized carbons (Fsp3) is 0.522. The van der Waals surface area contributed by atoms with Crippen molar-refractivity contribution in [3.63, 3.8) is 0 Å². The van der Waals surface area contributed by atoms with Gasteiger partial charge in [0, 0.05) is 28.2 Å². The maximum absolute atomic E-state index is 6.09. The first-order valence-electron chi connectivity index (χ1n) is 11.4. The van der Waals surface area contributed by atoms with Crippen molar-refractivity contribution in [1.29, 1.82) is 0 Å². The molecular formula is C23H31ClIN7. The van der Waals surface area contributed by atoms with E-state index in [2.05, 4.69) is 62.1 Å². The number of halogens is 2. The molecule has 2 heterocycles. The normalized spacial score (nSPS) is 21.4. The van der Waals surface area contributed by atoms with E-state index < -0.39 is 0 Å². The zero-order valence-corrected chi connectivity index (χ0v) is 21.1. The molecule has 3 aromatic rings. The van der Waals surface area contributed by atoms with Crippen LogP contribution in [-0.2, 0) is 6.54 Å². The molecule has 4 N–H and O–H groups in total. The molecule has 9 heteroatoms. The zero-order chi connectivity index (χ0) is 21.2. The molecule has 5 rings (SSSR count). The van der Waals surface area contributed by atoms with Crippen LogP contribution >= 0.6 is 35.0 Å². The molecule has 2 aliphatic rings.